The molecule has 7 aliphatic heterocycles. The standard InChI is InChI=1S/C47H48N4O15/c48-45(49)43(64-33(56)17-32(54)55)42-37(57)44(58)47(59)13-11-25-27(19-51-18-23-12-14-50-36(23)28(51)20-52)34-31(16-30(25)63-46(47)66-42)62-38-24(22-6-2-1-3-7-22)8-4-5-15-60-40-29(61-21-53)10-9-26-35(38)41(34)65-39(26)40/h1-3,6-7,9-10,12,14,16,24,35,37-38,41-46,52-53,57-59H,5,11,13,15,17-21,48-49H2,(H,54,55)/p+1. The molecule has 0 radical (unpaired) electrons. The highest BCUT2D eigenvalue weighted by molar-refractivity contribution is 5.90. The maximum atomic E-state index is 12.5. The molecule has 1 fully saturated rings. The Morgan fingerprint density at radius 3 is 2.62 bits per heavy atom. The summed E-state index contributed by atoms with van der Waals surface area (Å²) < 4.78 is 44.4. The number of carbonyl (C=O) groups is 2. The minimum absolute atomic E-state index is 0.0596. The van der Waals surface area contributed by atoms with E-state index in [-0.39, 0.29) is 44.1 Å². The van der Waals surface area contributed by atoms with E-state index in [0.717, 1.165) is 21.6 Å². The number of rotatable bonds is 11. The lowest BCUT2D eigenvalue weighted by Gasteiger charge is -2.48. The molecule has 4 bridgehead atoms. The fourth-order valence-corrected chi connectivity index (χ4v) is 10.4. The minimum atomic E-state index is -2.28. The van der Waals surface area contributed by atoms with Crippen molar-refractivity contribution in [1.29, 1.82) is 0 Å². The predicted octanol–water partition coefficient (Wildman–Crippen LogP) is -0.691. The summed E-state index contributed by atoms with van der Waals surface area (Å²) >= 11 is 0. The number of nitrogens with zero attached hydrogens (tertiary/aromatic N) is 1. The van der Waals surface area contributed by atoms with E-state index in [1.165, 1.54) is 0 Å². The summed E-state index contributed by atoms with van der Waals surface area (Å²) in [5.74, 6) is 4.61. The van der Waals surface area contributed by atoms with Crippen molar-refractivity contribution in [2.45, 2.75) is 98.7 Å². The first-order chi connectivity index (χ1) is 31.9. The van der Waals surface area contributed by atoms with Crippen molar-refractivity contribution >= 4 is 18.2 Å². The molecule has 0 spiro atoms. The van der Waals surface area contributed by atoms with Crippen molar-refractivity contribution in [3.63, 3.8) is 0 Å². The number of carbonyl (C=O) groups excluding carboxylic acids is 1. The second kappa shape index (κ2) is 17.3. The number of benzene rings is 3. The van der Waals surface area contributed by atoms with Crippen LogP contribution in [0.4, 0.5) is 0 Å². The molecule has 66 heavy (non-hydrogen) atoms. The van der Waals surface area contributed by atoms with Crippen LogP contribution >= 0.6 is 0 Å². The van der Waals surface area contributed by atoms with Crippen LogP contribution in [-0.4, -0.2) is 124 Å². The quantitative estimate of drug-likeness (QED) is 0.0498. The molecule has 0 aromatic heterocycles. The Morgan fingerprint density at radius 2 is 1.86 bits per heavy atom. The van der Waals surface area contributed by atoms with E-state index in [1.807, 2.05) is 42.5 Å². The number of nitrogens with one attached hydrogen (secondary N) is 1. The van der Waals surface area contributed by atoms with Gasteiger partial charge in [-0.05, 0) is 30.5 Å². The number of fused-ring (bicyclic) bond motifs is 5. The van der Waals surface area contributed by atoms with Crippen LogP contribution in [0.15, 0.2) is 76.6 Å². The van der Waals surface area contributed by atoms with Crippen molar-refractivity contribution in [2.75, 3.05) is 26.6 Å². The van der Waals surface area contributed by atoms with Gasteiger partial charge in [0.2, 0.25) is 12.0 Å². The number of hydrogen-bond donors (Lipinski definition) is 9. The Kier molecular flexibility index (Phi) is 11.5. The highest BCUT2D eigenvalue weighted by Gasteiger charge is 2.60. The van der Waals surface area contributed by atoms with E-state index in [9.17, 15) is 40.2 Å². The molecule has 7 aliphatic rings. The SMILES string of the molecule is NC(N)C(OC(=O)CC(=O)O)C1OC2Oc3cc4c(c(C[NH+]5CC6=CC=NC6=C5CO)c3CCC2(O)C(O)C1O)C1Oc2c3ccc(OCO)c2OCCC#CC(c2ccccc2)C(O4)C31. The second-order valence-corrected chi connectivity index (χ2v) is 17.3. The molecule has 0 amide bonds. The number of esters is 1. The molecule has 3 aromatic rings. The van der Waals surface area contributed by atoms with Crippen LogP contribution in [0.25, 0.3) is 0 Å². The topological polar surface area (TPSA) is 289 Å². The van der Waals surface area contributed by atoms with E-state index in [4.69, 9.17) is 44.6 Å². The average molecular weight is 910 g/mol. The van der Waals surface area contributed by atoms with Crippen molar-refractivity contribution in [3.05, 3.63) is 99.4 Å². The Bertz CT molecular complexity index is 2610. The molecule has 0 aliphatic carbocycles. The zero-order chi connectivity index (χ0) is 46.0. The third kappa shape index (κ3) is 7.35. The highest BCUT2D eigenvalue weighted by atomic mass is 16.7. The van der Waals surface area contributed by atoms with Crippen LogP contribution in [0.3, 0.4) is 0 Å². The summed E-state index contributed by atoms with van der Waals surface area (Å²) in [6, 6.07) is 15.0. The van der Waals surface area contributed by atoms with Gasteiger partial charge in [-0.25, -0.2) is 0 Å². The van der Waals surface area contributed by atoms with E-state index in [0.29, 0.717) is 58.3 Å². The lowest BCUT2D eigenvalue weighted by Crippen LogP contribution is -3.08. The number of nitrogens with two attached hydrogens (primary N) is 2. The van der Waals surface area contributed by atoms with Crippen LogP contribution in [0.2, 0.25) is 0 Å². The van der Waals surface area contributed by atoms with Gasteiger partial charge in [0.1, 0.15) is 73.8 Å². The normalized spacial score (nSPS) is 30.2. The van der Waals surface area contributed by atoms with Gasteiger partial charge in [0.25, 0.3) is 0 Å². The van der Waals surface area contributed by atoms with Gasteiger partial charge in [-0.1, -0.05) is 48.2 Å². The molecule has 11 unspecified atom stereocenters. The number of hydrogen-bond acceptors (Lipinski definition) is 17. The smallest absolute Gasteiger partial charge is 0.317 e. The second-order valence-electron chi connectivity index (χ2n) is 17.3. The van der Waals surface area contributed by atoms with Crippen molar-refractivity contribution in [3.8, 4) is 40.6 Å². The molecule has 0 saturated carbocycles. The maximum Gasteiger partial charge on any atom is 0.317 e. The van der Waals surface area contributed by atoms with Gasteiger partial charge in [-0.2, -0.15) is 0 Å². The van der Waals surface area contributed by atoms with Crippen LogP contribution < -0.4 is 40.1 Å². The van der Waals surface area contributed by atoms with Crippen LogP contribution in [0.1, 0.15) is 65.0 Å². The van der Waals surface area contributed by atoms with Gasteiger partial charge in [0.15, 0.2) is 35.7 Å². The van der Waals surface area contributed by atoms with Crippen LogP contribution in [-0.2, 0) is 32.0 Å². The molecular weight excluding hydrogens is 861 g/mol. The fraction of sp³-hybridized carbons (Fsp3) is 0.426. The Morgan fingerprint density at radius 1 is 1.05 bits per heavy atom. The molecule has 346 valence electrons. The monoisotopic (exact) mass is 909 g/mol. The Labute approximate surface area is 377 Å². The predicted molar refractivity (Wildman–Crippen MR) is 227 cm³/mol. The molecule has 10 rings (SSSR count). The first-order valence-corrected chi connectivity index (χ1v) is 21.7. The van der Waals surface area contributed by atoms with Crippen LogP contribution in [0.5, 0.6) is 28.7 Å². The van der Waals surface area contributed by atoms with Gasteiger partial charge in [0, 0.05) is 46.5 Å². The van der Waals surface area contributed by atoms with E-state index in [2.05, 4.69) is 16.8 Å². The number of allylic oxidation sites excluding steroid dienone is 1. The summed E-state index contributed by atoms with van der Waals surface area (Å²) in [4.78, 5) is 29.3. The maximum absolute atomic E-state index is 12.5. The summed E-state index contributed by atoms with van der Waals surface area (Å²) in [6.45, 7) is 0.0364. The third-order valence-electron chi connectivity index (χ3n) is 13.5. The zero-order valence-electron chi connectivity index (χ0n) is 35.4. The Balaban J connectivity index is 1.14. The molecule has 3 aromatic carbocycles. The van der Waals surface area contributed by atoms with Gasteiger partial charge < -0.3 is 75.3 Å². The highest BCUT2D eigenvalue weighted by Crippen LogP contribution is 2.61. The number of quaternary nitrogens is 1. The largest absolute Gasteiger partial charge is 0.487 e. The van der Waals surface area contributed by atoms with Gasteiger partial charge >= 0.3 is 11.9 Å². The summed E-state index contributed by atoms with van der Waals surface area (Å²) in [6.07, 6.45) is -9.21. The number of carboxylic acids is 1. The number of aliphatic hydroxyl groups is 5. The lowest BCUT2D eigenvalue weighted by atomic mass is 9.75. The molecule has 7 heterocycles. The lowest BCUT2D eigenvalue weighted by molar-refractivity contribution is -0.867. The molecule has 19 nitrogen and oxygen atoms in total. The first-order valence-electron chi connectivity index (χ1n) is 21.7. The van der Waals surface area contributed by atoms with E-state index < -0.39 is 91.7 Å². The number of aliphatic carboxylic acids is 1. The van der Waals surface area contributed by atoms with Crippen molar-refractivity contribution in [2.24, 2.45) is 16.5 Å². The number of carboxylic acid groups (broad SMARTS) is 1. The van der Waals surface area contributed by atoms with Crippen LogP contribution in [0, 0.1) is 11.8 Å². The fourth-order valence-electron chi connectivity index (χ4n) is 10.4. The van der Waals surface area contributed by atoms with Gasteiger partial charge in [-0.3, -0.25) is 19.5 Å². The molecule has 19 heteroatoms. The first kappa shape index (κ1) is 43.8. The van der Waals surface area contributed by atoms with E-state index in [1.54, 1.807) is 18.3 Å². The zero-order valence-corrected chi connectivity index (χ0v) is 35.4. The number of ether oxygens (including phenoxy) is 7. The molecule has 11 N–H and O–H groups in total. The van der Waals surface area contributed by atoms with Crippen molar-refractivity contribution < 1.29 is 78.3 Å². The van der Waals surface area contributed by atoms with E-state index >= 15 is 0 Å². The average Bonchev–Trinajstić information content (AvgIpc) is 3.97. The number of aliphatic hydroxyl groups excluding tert-OH is 4. The molecular formula is C47H49N4O15+. The summed E-state index contributed by atoms with van der Waals surface area (Å²) in [7, 11) is 0. The summed E-state index contributed by atoms with van der Waals surface area (Å²) in [5, 5.41) is 65.4. The molecule has 1 saturated heterocycles. The number of aliphatic imine (C=N–C) groups is 1. The van der Waals surface area contributed by atoms with Gasteiger partial charge in [0.05, 0.1) is 24.6 Å². The van der Waals surface area contributed by atoms with Crippen molar-refractivity contribution in [1.82, 2.24) is 0 Å². The molecule has 11 atom stereocenters. The third-order valence-corrected chi connectivity index (χ3v) is 13.5. The minimum Gasteiger partial charge on any atom is -0.487 e. The van der Waals surface area contributed by atoms with Gasteiger partial charge in [-0.15, -0.1) is 0 Å². The Hall–Kier alpha value is -6.05. The summed E-state index contributed by atoms with van der Waals surface area (Å²) in [5.41, 5.74) is 15.6.